The van der Waals surface area contributed by atoms with Crippen LogP contribution in [0, 0.1) is 10.1 Å². The molecule has 23 heavy (non-hydrogen) atoms. The molecule has 0 aliphatic heterocycles. The molecule has 0 heterocycles. The largest absolute Gasteiger partial charge is 0.348 e. The highest BCUT2D eigenvalue weighted by molar-refractivity contribution is 7.89. The van der Waals surface area contributed by atoms with Crippen LogP contribution in [0.15, 0.2) is 53.4 Å². The number of amides is 1. The first kappa shape index (κ1) is 16.6. The summed E-state index contributed by atoms with van der Waals surface area (Å²) in [7, 11) is -3.76. The molecule has 0 bridgehead atoms. The molecule has 0 saturated carbocycles. The molecule has 0 saturated heterocycles. The zero-order valence-electron chi connectivity index (χ0n) is 11.8. The summed E-state index contributed by atoms with van der Waals surface area (Å²) < 4.78 is 22.3. The molecule has 0 unspecified atom stereocenters. The Balaban J connectivity index is 2.04. The van der Waals surface area contributed by atoms with Crippen LogP contribution in [-0.2, 0) is 16.6 Å². The van der Waals surface area contributed by atoms with Gasteiger partial charge in [-0.2, -0.15) is 0 Å². The molecule has 0 aliphatic carbocycles. The molecule has 0 atom stereocenters. The van der Waals surface area contributed by atoms with Gasteiger partial charge in [-0.1, -0.05) is 18.2 Å². The Morgan fingerprint density at radius 2 is 1.83 bits per heavy atom. The number of carbonyl (C=O) groups is 1. The number of nitro groups is 1. The third kappa shape index (κ3) is 4.34. The van der Waals surface area contributed by atoms with E-state index in [-0.39, 0.29) is 22.7 Å². The molecule has 2 aromatic rings. The molecule has 2 aromatic carbocycles. The van der Waals surface area contributed by atoms with Gasteiger partial charge >= 0.3 is 0 Å². The molecule has 2 rings (SSSR count). The number of primary sulfonamides is 1. The van der Waals surface area contributed by atoms with Gasteiger partial charge in [0.05, 0.1) is 9.82 Å². The van der Waals surface area contributed by atoms with Crippen molar-refractivity contribution in [3.63, 3.8) is 0 Å². The van der Waals surface area contributed by atoms with Crippen molar-refractivity contribution in [3.05, 3.63) is 69.8 Å². The standard InChI is InChI=1S/C14H13N3O5S/c15-23(21,22)13-6-4-10(5-7-13)9-16-14(18)11-2-1-3-12(8-11)17(19)20/h1-8H,9H2,(H,16,18)(H2,15,21,22). The molecular formula is C14H13N3O5S. The van der Waals surface area contributed by atoms with Crippen molar-refractivity contribution in [2.24, 2.45) is 5.14 Å². The zero-order valence-corrected chi connectivity index (χ0v) is 12.6. The fourth-order valence-corrected chi connectivity index (χ4v) is 2.36. The predicted octanol–water partition coefficient (Wildman–Crippen LogP) is 1.17. The second-order valence-electron chi connectivity index (χ2n) is 4.68. The maximum Gasteiger partial charge on any atom is 0.270 e. The molecule has 8 nitrogen and oxygen atoms in total. The van der Waals surface area contributed by atoms with Crippen molar-refractivity contribution in [3.8, 4) is 0 Å². The van der Waals surface area contributed by atoms with Gasteiger partial charge in [0, 0.05) is 24.2 Å². The number of hydrogen-bond acceptors (Lipinski definition) is 5. The van der Waals surface area contributed by atoms with Crippen molar-refractivity contribution in [2.45, 2.75) is 11.4 Å². The predicted molar refractivity (Wildman–Crippen MR) is 82.1 cm³/mol. The van der Waals surface area contributed by atoms with Gasteiger partial charge in [0.15, 0.2) is 0 Å². The lowest BCUT2D eigenvalue weighted by atomic mass is 10.1. The molecule has 0 fully saturated rings. The summed E-state index contributed by atoms with van der Waals surface area (Å²) in [5.41, 5.74) is 0.659. The minimum absolute atomic E-state index is 0.0220. The van der Waals surface area contributed by atoms with Gasteiger partial charge in [-0.3, -0.25) is 14.9 Å². The fourth-order valence-electron chi connectivity index (χ4n) is 1.84. The first-order valence-corrected chi connectivity index (χ1v) is 7.96. The Kier molecular flexibility index (Phi) is 4.72. The number of nitrogens with two attached hydrogens (primary N) is 1. The number of carbonyl (C=O) groups excluding carboxylic acids is 1. The van der Waals surface area contributed by atoms with Gasteiger partial charge in [0.25, 0.3) is 11.6 Å². The van der Waals surface area contributed by atoms with Crippen LogP contribution in [0.4, 0.5) is 5.69 Å². The van der Waals surface area contributed by atoms with E-state index in [2.05, 4.69) is 5.32 Å². The van der Waals surface area contributed by atoms with E-state index < -0.39 is 20.9 Å². The van der Waals surface area contributed by atoms with Crippen LogP contribution in [-0.4, -0.2) is 19.2 Å². The highest BCUT2D eigenvalue weighted by Crippen LogP contribution is 2.13. The highest BCUT2D eigenvalue weighted by atomic mass is 32.2. The number of nitro benzene ring substituents is 1. The van der Waals surface area contributed by atoms with Crippen LogP contribution in [0.3, 0.4) is 0 Å². The number of non-ortho nitro benzene ring substituents is 1. The molecule has 3 N–H and O–H groups in total. The SMILES string of the molecule is NS(=O)(=O)c1ccc(CNC(=O)c2cccc([N+](=O)[O-])c2)cc1. The van der Waals surface area contributed by atoms with E-state index in [1.807, 2.05) is 0 Å². The van der Waals surface area contributed by atoms with Gasteiger partial charge < -0.3 is 5.32 Å². The number of nitrogens with zero attached hydrogens (tertiary/aromatic N) is 1. The summed E-state index contributed by atoms with van der Waals surface area (Å²) in [6.45, 7) is 0.145. The summed E-state index contributed by atoms with van der Waals surface area (Å²) >= 11 is 0. The lowest BCUT2D eigenvalue weighted by Crippen LogP contribution is -2.22. The van der Waals surface area contributed by atoms with Gasteiger partial charge in [-0.25, -0.2) is 13.6 Å². The second kappa shape index (κ2) is 6.55. The van der Waals surface area contributed by atoms with Crippen molar-refractivity contribution in [1.29, 1.82) is 0 Å². The van der Waals surface area contributed by atoms with Crippen molar-refractivity contribution >= 4 is 21.6 Å². The Bertz CT molecular complexity index is 847. The Hall–Kier alpha value is -2.78. The number of benzene rings is 2. The molecule has 0 aromatic heterocycles. The maximum atomic E-state index is 12.0. The van der Waals surface area contributed by atoms with Crippen LogP contribution in [0.2, 0.25) is 0 Å². The average Bonchev–Trinajstić information content (AvgIpc) is 2.52. The molecule has 0 aliphatic rings. The molecular weight excluding hydrogens is 322 g/mol. The van der Waals surface area contributed by atoms with E-state index in [9.17, 15) is 23.3 Å². The average molecular weight is 335 g/mol. The van der Waals surface area contributed by atoms with Gasteiger partial charge in [-0.05, 0) is 23.8 Å². The molecule has 9 heteroatoms. The van der Waals surface area contributed by atoms with Crippen LogP contribution in [0.25, 0.3) is 0 Å². The summed E-state index contributed by atoms with van der Waals surface area (Å²) in [6.07, 6.45) is 0. The fraction of sp³-hybridized carbons (Fsp3) is 0.0714. The third-order valence-corrected chi connectivity index (χ3v) is 3.95. The summed E-state index contributed by atoms with van der Waals surface area (Å²) in [5.74, 6) is -0.468. The van der Waals surface area contributed by atoms with Crippen molar-refractivity contribution < 1.29 is 18.1 Å². The number of nitrogens with one attached hydrogen (secondary N) is 1. The quantitative estimate of drug-likeness (QED) is 0.625. The van der Waals surface area contributed by atoms with Crippen molar-refractivity contribution in [2.75, 3.05) is 0 Å². The topological polar surface area (TPSA) is 132 Å². The Labute approximate surface area is 132 Å². The highest BCUT2D eigenvalue weighted by Gasteiger charge is 2.11. The Morgan fingerprint density at radius 1 is 1.17 bits per heavy atom. The van der Waals surface area contributed by atoms with E-state index in [1.165, 1.54) is 48.5 Å². The summed E-state index contributed by atoms with van der Waals surface area (Å²) in [5, 5.41) is 18.3. The lowest BCUT2D eigenvalue weighted by molar-refractivity contribution is -0.384. The van der Waals surface area contributed by atoms with E-state index in [0.717, 1.165) is 0 Å². The second-order valence-corrected chi connectivity index (χ2v) is 6.24. The molecule has 0 radical (unpaired) electrons. The van der Waals surface area contributed by atoms with Crippen LogP contribution in [0.1, 0.15) is 15.9 Å². The summed E-state index contributed by atoms with van der Waals surface area (Å²) in [6, 6.07) is 11.1. The maximum absolute atomic E-state index is 12.0. The number of hydrogen-bond donors (Lipinski definition) is 2. The minimum atomic E-state index is -3.76. The van der Waals surface area contributed by atoms with Crippen LogP contribution >= 0.6 is 0 Å². The first-order valence-electron chi connectivity index (χ1n) is 6.42. The number of sulfonamides is 1. The van der Waals surface area contributed by atoms with E-state index in [0.29, 0.717) is 5.56 Å². The Morgan fingerprint density at radius 3 is 2.39 bits per heavy atom. The van der Waals surface area contributed by atoms with Gasteiger partial charge in [0.1, 0.15) is 0 Å². The first-order chi connectivity index (χ1) is 10.8. The summed E-state index contributed by atoms with van der Waals surface area (Å²) in [4.78, 5) is 22.0. The van der Waals surface area contributed by atoms with Crippen molar-refractivity contribution in [1.82, 2.24) is 5.32 Å². The molecule has 1 amide bonds. The van der Waals surface area contributed by atoms with Gasteiger partial charge in [0.2, 0.25) is 10.0 Å². The monoisotopic (exact) mass is 335 g/mol. The minimum Gasteiger partial charge on any atom is -0.348 e. The zero-order chi connectivity index (χ0) is 17.0. The van der Waals surface area contributed by atoms with Crippen LogP contribution < -0.4 is 10.5 Å². The number of rotatable bonds is 5. The lowest BCUT2D eigenvalue weighted by Gasteiger charge is -2.06. The molecule has 120 valence electrons. The van der Waals surface area contributed by atoms with E-state index in [4.69, 9.17) is 5.14 Å². The third-order valence-electron chi connectivity index (χ3n) is 3.02. The van der Waals surface area contributed by atoms with Crippen LogP contribution in [0.5, 0.6) is 0 Å². The smallest absolute Gasteiger partial charge is 0.270 e. The van der Waals surface area contributed by atoms with E-state index in [1.54, 1.807) is 0 Å². The van der Waals surface area contributed by atoms with E-state index >= 15 is 0 Å². The van der Waals surface area contributed by atoms with Gasteiger partial charge in [-0.15, -0.1) is 0 Å². The molecule has 0 spiro atoms. The normalized spacial score (nSPS) is 11.0.